The van der Waals surface area contributed by atoms with E-state index < -0.39 is 5.97 Å². The SMILES string of the molecule is [3H]c1cc(C(=O)O)cc([3H])c1N. The van der Waals surface area contributed by atoms with Gasteiger partial charge < -0.3 is 10.8 Å². The molecule has 0 aromatic heterocycles. The van der Waals surface area contributed by atoms with E-state index in [1.807, 2.05) is 0 Å². The van der Waals surface area contributed by atoms with E-state index >= 15 is 0 Å². The molecule has 0 saturated heterocycles. The Labute approximate surface area is 60.9 Å². The molecular weight excluding hydrogens is 130 g/mol. The van der Waals surface area contributed by atoms with Gasteiger partial charge in [-0.3, -0.25) is 0 Å². The Morgan fingerprint density at radius 2 is 2.10 bits per heavy atom. The van der Waals surface area contributed by atoms with Crippen LogP contribution < -0.4 is 5.73 Å². The Morgan fingerprint density at radius 1 is 1.60 bits per heavy atom. The van der Waals surface area contributed by atoms with Crippen LogP contribution in [-0.4, -0.2) is 11.1 Å². The van der Waals surface area contributed by atoms with E-state index in [2.05, 4.69) is 0 Å². The third-order valence-electron chi connectivity index (χ3n) is 1.01. The van der Waals surface area contributed by atoms with Gasteiger partial charge >= 0.3 is 5.97 Å². The summed E-state index contributed by atoms with van der Waals surface area (Å²) in [5, 5.41) is 8.52. The predicted octanol–water partition coefficient (Wildman–Crippen LogP) is 0.967. The maximum Gasteiger partial charge on any atom is 0.335 e. The molecule has 52 valence electrons. The standard InChI is InChI=1S/C7H7NO2/c8-6-3-1-5(2-4-6)7(9)10/h1-4H,8H2,(H,9,10)/i3T,4T. The van der Waals surface area contributed by atoms with Crippen molar-refractivity contribution >= 4 is 11.7 Å². The minimum absolute atomic E-state index is 0.000000000000000222. The Kier molecular flexibility index (Phi) is 1.03. The zero-order valence-electron chi connectivity index (χ0n) is 7.09. The highest BCUT2D eigenvalue weighted by Gasteiger charge is 1.98. The molecule has 0 radical (unpaired) electrons. The first kappa shape index (κ1) is 4.33. The molecule has 10 heavy (non-hydrogen) atoms. The molecule has 0 aliphatic heterocycles. The predicted molar refractivity (Wildman–Crippen MR) is 37.8 cm³/mol. The van der Waals surface area contributed by atoms with Gasteiger partial charge in [-0.1, -0.05) is 0 Å². The maximum atomic E-state index is 10.4. The Balaban J connectivity index is 3.31. The lowest BCUT2D eigenvalue weighted by atomic mass is 10.2. The summed E-state index contributed by atoms with van der Waals surface area (Å²) in [6.07, 6.45) is 0. The highest BCUT2D eigenvalue weighted by Crippen LogP contribution is 2.04. The van der Waals surface area contributed by atoms with E-state index in [-0.39, 0.29) is 23.3 Å². The average Bonchev–Trinajstić information content (AvgIpc) is 1.99. The van der Waals surface area contributed by atoms with Gasteiger partial charge in [-0.15, -0.1) is 0 Å². The lowest BCUT2D eigenvalue weighted by Gasteiger charge is -1.93. The summed E-state index contributed by atoms with van der Waals surface area (Å²) in [5.41, 5.74) is 5.20. The molecule has 0 heterocycles. The summed E-state index contributed by atoms with van der Waals surface area (Å²) >= 11 is 0. The second-order valence-corrected chi connectivity index (χ2v) is 1.75. The summed E-state index contributed by atoms with van der Waals surface area (Å²) in [6.45, 7) is 0. The molecular formula is C7H7NO2. The number of carboxylic acid groups (broad SMARTS) is 1. The molecule has 0 aliphatic carbocycles. The minimum atomic E-state index is -1.16. The van der Waals surface area contributed by atoms with Crippen molar-refractivity contribution < 1.29 is 12.6 Å². The van der Waals surface area contributed by atoms with Crippen LogP contribution in [0.15, 0.2) is 24.2 Å². The van der Waals surface area contributed by atoms with Crippen LogP contribution in [-0.2, 0) is 0 Å². The normalized spacial score (nSPS) is 12.0. The molecule has 1 rings (SSSR count). The van der Waals surface area contributed by atoms with E-state index in [1.54, 1.807) is 0 Å². The molecule has 3 N–H and O–H groups in total. The number of carboxylic acids is 1. The average molecular weight is 141 g/mol. The molecule has 0 unspecified atom stereocenters. The Hall–Kier alpha value is -1.51. The number of nitrogen functional groups attached to an aromatic ring is 1. The van der Waals surface area contributed by atoms with Gasteiger partial charge in [0, 0.05) is 5.69 Å². The zero-order chi connectivity index (χ0) is 9.30. The van der Waals surface area contributed by atoms with Crippen molar-refractivity contribution in [1.82, 2.24) is 0 Å². The van der Waals surface area contributed by atoms with Gasteiger partial charge in [0.25, 0.3) is 0 Å². The van der Waals surface area contributed by atoms with Crippen molar-refractivity contribution in [2.24, 2.45) is 0 Å². The first-order valence-electron chi connectivity index (χ1n) is 3.62. The fourth-order valence-corrected chi connectivity index (χ4v) is 0.518. The van der Waals surface area contributed by atoms with E-state index in [4.69, 9.17) is 13.6 Å². The fourth-order valence-electron chi connectivity index (χ4n) is 0.518. The number of carbonyl (C=O) groups is 1. The summed E-state index contributed by atoms with van der Waals surface area (Å²) < 4.78 is 14.4. The van der Waals surface area contributed by atoms with Crippen molar-refractivity contribution in [1.29, 1.82) is 0 Å². The van der Waals surface area contributed by atoms with Crippen LogP contribution in [0.4, 0.5) is 5.69 Å². The molecule has 1 aromatic rings. The molecule has 1 aromatic carbocycles. The lowest BCUT2D eigenvalue weighted by molar-refractivity contribution is 0.0697. The van der Waals surface area contributed by atoms with Gasteiger partial charge in [-0.05, 0) is 24.2 Å². The Morgan fingerprint density at radius 3 is 2.50 bits per heavy atom. The summed E-state index contributed by atoms with van der Waals surface area (Å²) in [7, 11) is 0. The third-order valence-corrected chi connectivity index (χ3v) is 1.01. The molecule has 3 nitrogen and oxygen atoms in total. The smallest absolute Gasteiger partial charge is 0.335 e. The minimum Gasteiger partial charge on any atom is -0.478 e. The van der Waals surface area contributed by atoms with Crippen LogP contribution in [0.3, 0.4) is 0 Å². The second-order valence-electron chi connectivity index (χ2n) is 1.75. The van der Waals surface area contributed by atoms with E-state index in [9.17, 15) is 4.79 Å². The van der Waals surface area contributed by atoms with Crippen molar-refractivity contribution in [3.8, 4) is 0 Å². The fraction of sp³-hybridized carbons (Fsp3) is 0. The molecule has 0 saturated carbocycles. The number of aromatic carboxylic acids is 1. The topological polar surface area (TPSA) is 63.3 Å². The highest BCUT2D eigenvalue weighted by molar-refractivity contribution is 5.87. The van der Waals surface area contributed by atoms with Crippen LogP contribution in [0.25, 0.3) is 0 Å². The van der Waals surface area contributed by atoms with Gasteiger partial charge in [0.2, 0.25) is 0 Å². The largest absolute Gasteiger partial charge is 0.478 e. The molecule has 0 bridgehead atoms. The van der Waals surface area contributed by atoms with Gasteiger partial charge in [-0.2, -0.15) is 0 Å². The highest BCUT2D eigenvalue weighted by atomic mass is 16.4. The lowest BCUT2D eigenvalue weighted by Crippen LogP contribution is -1.95. The van der Waals surface area contributed by atoms with Gasteiger partial charge in [0.1, 0.15) is 0 Å². The number of benzene rings is 1. The van der Waals surface area contributed by atoms with Crippen LogP contribution >= 0.6 is 0 Å². The first-order valence-corrected chi connectivity index (χ1v) is 2.62. The van der Waals surface area contributed by atoms with Crippen LogP contribution in [0.2, 0.25) is 0 Å². The van der Waals surface area contributed by atoms with Crippen LogP contribution in [0.1, 0.15) is 13.1 Å². The van der Waals surface area contributed by atoms with Crippen molar-refractivity contribution in [3.63, 3.8) is 0 Å². The summed E-state index contributed by atoms with van der Waals surface area (Å²) in [6, 6.07) is 1.99. The first-order chi connectivity index (χ1) is 5.52. The van der Waals surface area contributed by atoms with Crippen LogP contribution in [0, 0.1) is 0 Å². The zero-order valence-corrected chi connectivity index (χ0v) is 5.09. The van der Waals surface area contributed by atoms with E-state index in [0.717, 1.165) is 12.1 Å². The van der Waals surface area contributed by atoms with Crippen molar-refractivity contribution in [2.45, 2.75) is 0 Å². The third kappa shape index (κ3) is 1.25. The number of hydrogen-bond acceptors (Lipinski definition) is 2. The number of nitrogens with two attached hydrogens (primary N) is 1. The number of anilines is 1. The molecule has 0 amide bonds. The second kappa shape index (κ2) is 2.39. The number of hydrogen-bond donors (Lipinski definition) is 2. The van der Waals surface area contributed by atoms with Gasteiger partial charge in [-0.25, -0.2) is 4.79 Å². The molecule has 3 heteroatoms. The van der Waals surface area contributed by atoms with Crippen molar-refractivity contribution in [3.05, 3.63) is 29.8 Å². The quantitative estimate of drug-likeness (QED) is 0.573. The van der Waals surface area contributed by atoms with Gasteiger partial charge in [0.15, 0.2) is 0 Å². The molecule has 0 atom stereocenters. The van der Waals surface area contributed by atoms with Crippen LogP contribution in [0.5, 0.6) is 0 Å². The van der Waals surface area contributed by atoms with Crippen molar-refractivity contribution in [2.75, 3.05) is 5.73 Å². The maximum absolute atomic E-state index is 10.4. The summed E-state index contributed by atoms with van der Waals surface area (Å²) in [4.78, 5) is 10.4. The molecule has 0 spiro atoms. The molecule has 0 fully saturated rings. The monoisotopic (exact) mass is 141 g/mol. The van der Waals surface area contributed by atoms with E-state index in [1.165, 1.54) is 0 Å². The molecule has 0 aliphatic rings. The summed E-state index contributed by atoms with van der Waals surface area (Å²) in [5.74, 6) is -1.16. The van der Waals surface area contributed by atoms with E-state index in [0.29, 0.717) is 0 Å². The van der Waals surface area contributed by atoms with Gasteiger partial charge in [0.05, 0.1) is 8.30 Å². The number of rotatable bonds is 1. The Bertz CT molecular complexity index is 315.